The molecule has 0 aliphatic heterocycles. The zero-order chi connectivity index (χ0) is 16.6. The second-order valence-electron chi connectivity index (χ2n) is 5.48. The summed E-state index contributed by atoms with van der Waals surface area (Å²) in [5.41, 5.74) is 1.16. The lowest BCUT2D eigenvalue weighted by Crippen LogP contribution is -1.95. The lowest BCUT2D eigenvalue weighted by atomic mass is 9.95. The largest absolute Gasteiger partial charge is 0.206 e. The molecule has 0 saturated carbocycles. The van der Waals surface area contributed by atoms with Crippen LogP contribution in [0.3, 0.4) is 0 Å². The monoisotopic (exact) mass is 318 g/mol. The maximum atomic E-state index is 14.3. The fourth-order valence-corrected chi connectivity index (χ4v) is 2.79. The summed E-state index contributed by atoms with van der Waals surface area (Å²) in [5, 5.41) is 1.31. The second-order valence-corrected chi connectivity index (χ2v) is 5.48. The van der Waals surface area contributed by atoms with Crippen LogP contribution in [0.2, 0.25) is 0 Å². The van der Waals surface area contributed by atoms with Crippen molar-refractivity contribution >= 4 is 10.8 Å². The fourth-order valence-electron chi connectivity index (χ4n) is 2.79. The molecule has 118 valence electrons. The van der Waals surface area contributed by atoms with Crippen LogP contribution >= 0.6 is 0 Å². The predicted octanol–water partition coefficient (Wildman–Crippen LogP) is 6.02. The first kappa shape index (κ1) is 15.5. The molecule has 3 rings (SSSR count). The van der Waals surface area contributed by atoms with Crippen molar-refractivity contribution in [2.75, 3.05) is 0 Å². The van der Waals surface area contributed by atoms with E-state index < -0.39 is 23.3 Å². The molecule has 0 bridgehead atoms. The molecule has 0 atom stereocenters. The predicted molar refractivity (Wildman–Crippen MR) is 83.2 cm³/mol. The zero-order valence-electron chi connectivity index (χ0n) is 12.5. The molecule has 0 aromatic heterocycles. The Labute approximate surface area is 131 Å². The Morgan fingerprint density at radius 1 is 0.783 bits per heavy atom. The van der Waals surface area contributed by atoms with Crippen molar-refractivity contribution < 1.29 is 17.6 Å². The van der Waals surface area contributed by atoms with Gasteiger partial charge in [-0.3, -0.25) is 0 Å². The molecule has 0 radical (unpaired) electrons. The molecule has 3 aromatic carbocycles. The van der Waals surface area contributed by atoms with Gasteiger partial charge in [-0.2, -0.15) is 0 Å². The van der Waals surface area contributed by atoms with Crippen LogP contribution in [-0.2, 0) is 6.42 Å². The Kier molecular flexibility index (Phi) is 4.07. The average molecular weight is 318 g/mol. The van der Waals surface area contributed by atoms with Crippen molar-refractivity contribution in [1.29, 1.82) is 0 Å². The van der Waals surface area contributed by atoms with E-state index in [9.17, 15) is 17.6 Å². The fraction of sp³-hybridized carbons (Fsp3) is 0.158. The van der Waals surface area contributed by atoms with Gasteiger partial charge in [0.1, 0.15) is 5.82 Å². The topological polar surface area (TPSA) is 0 Å². The molecular weight excluding hydrogens is 304 g/mol. The van der Waals surface area contributed by atoms with Gasteiger partial charge in [0, 0.05) is 5.56 Å². The minimum atomic E-state index is -1.56. The van der Waals surface area contributed by atoms with Crippen LogP contribution < -0.4 is 0 Å². The van der Waals surface area contributed by atoms with Gasteiger partial charge in [0.15, 0.2) is 17.5 Å². The van der Waals surface area contributed by atoms with Gasteiger partial charge in [0.2, 0.25) is 0 Å². The van der Waals surface area contributed by atoms with E-state index in [4.69, 9.17) is 0 Å². The Morgan fingerprint density at radius 3 is 2.13 bits per heavy atom. The highest BCUT2D eigenvalue weighted by molar-refractivity contribution is 5.97. The summed E-state index contributed by atoms with van der Waals surface area (Å²) in [6.45, 7) is 2.06. The molecule has 4 heteroatoms. The molecule has 0 N–H and O–H groups in total. The number of benzene rings is 3. The smallest absolute Gasteiger partial charge is 0.194 e. The summed E-state index contributed by atoms with van der Waals surface area (Å²) in [4.78, 5) is 0. The number of hydrogen-bond donors (Lipinski definition) is 0. The Balaban J connectivity index is 2.26. The number of hydrogen-bond acceptors (Lipinski definition) is 0. The van der Waals surface area contributed by atoms with Crippen molar-refractivity contribution in [3.63, 3.8) is 0 Å². The highest BCUT2D eigenvalue weighted by atomic mass is 19.2. The van der Waals surface area contributed by atoms with E-state index in [1.807, 2.05) is 12.1 Å². The number of aryl methyl sites for hydroxylation is 1. The molecule has 0 nitrogen and oxygen atoms in total. The summed E-state index contributed by atoms with van der Waals surface area (Å²) < 4.78 is 54.4. The van der Waals surface area contributed by atoms with Gasteiger partial charge < -0.3 is 0 Å². The molecule has 0 aliphatic carbocycles. The Bertz CT molecular complexity index is 861. The highest BCUT2D eigenvalue weighted by Gasteiger charge is 2.16. The van der Waals surface area contributed by atoms with Crippen LogP contribution in [0.5, 0.6) is 0 Å². The zero-order valence-corrected chi connectivity index (χ0v) is 12.5. The van der Waals surface area contributed by atoms with Gasteiger partial charge >= 0.3 is 0 Å². The van der Waals surface area contributed by atoms with E-state index >= 15 is 0 Å². The van der Waals surface area contributed by atoms with Crippen molar-refractivity contribution in [2.24, 2.45) is 0 Å². The standard InChI is InChI=1S/C19H14F4/c1-2-3-11-4-6-14-12(8-11)5-7-15(20)18(14)13-9-16(21)19(23)17(22)10-13/h4-10H,2-3H2,1H3. The summed E-state index contributed by atoms with van der Waals surface area (Å²) in [6, 6.07) is 10.0. The maximum Gasteiger partial charge on any atom is 0.194 e. The first-order chi connectivity index (χ1) is 11.0. The van der Waals surface area contributed by atoms with Crippen molar-refractivity contribution in [1.82, 2.24) is 0 Å². The molecule has 0 amide bonds. The van der Waals surface area contributed by atoms with E-state index in [0.717, 1.165) is 35.9 Å². The van der Waals surface area contributed by atoms with Gasteiger partial charge in [-0.05, 0) is 46.5 Å². The van der Waals surface area contributed by atoms with E-state index in [1.54, 1.807) is 12.1 Å². The minimum absolute atomic E-state index is 0.0206. The van der Waals surface area contributed by atoms with Crippen LogP contribution in [0.1, 0.15) is 18.9 Å². The number of fused-ring (bicyclic) bond motifs is 1. The first-order valence-corrected chi connectivity index (χ1v) is 7.37. The third-order valence-electron chi connectivity index (χ3n) is 3.84. The lowest BCUT2D eigenvalue weighted by molar-refractivity contribution is 0.447. The summed E-state index contributed by atoms with van der Waals surface area (Å²) >= 11 is 0. The lowest BCUT2D eigenvalue weighted by Gasteiger charge is -2.11. The summed E-state index contributed by atoms with van der Waals surface area (Å²) in [7, 11) is 0. The quantitative estimate of drug-likeness (QED) is 0.409. The van der Waals surface area contributed by atoms with E-state index in [-0.39, 0.29) is 11.1 Å². The minimum Gasteiger partial charge on any atom is -0.206 e. The normalized spacial score (nSPS) is 11.2. The molecule has 0 fully saturated rings. The van der Waals surface area contributed by atoms with Crippen molar-refractivity contribution in [2.45, 2.75) is 19.8 Å². The van der Waals surface area contributed by atoms with Crippen LogP contribution in [-0.4, -0.2) is 0 Å². The second kappa shape index (κ2) is 6.03. The van der Waals surface area contributed by atoms with Gasteiger partial charge in [-0.25, -0.2) is 17.6 Å². The van der Waals surface area contributed by atoms with E-state index in [2.05, 4.69) is 6.92 Å². The van der Waals surface area contributed by atoms with Crippen LogP contribution in [0.15, 0.2) is 42.5 Å². The molecule has 23 heavy (non-hydrogen) atoms. The van der Waals surface area contributed by atoms with E-state index in [0.29, 0.717) is 5.39 Å². The third-order valence-corrected chi connectivity index (χ3v) is 3.84. The molecule has 0 saturated heterocycles. The van der Waals surface area contributed by atoms with Gasteiger partial charge in [0.05, 0.1) is 0 Å². The number of halogens is 4. The maximum absolute atomic E-state index is 14.3. The Hall–Kier alpha value is -2.36. The van der Waals surface area contributed by atoms with Crippen LogP contribution in [0.4, 0.5) is 17.6 Å². The van der Waals surface area contributed by atoms with Crippen molar-refractivity contribution in [3.05, 3.63) is 71.3 Å². The van der Waals surface area contributed by atoms with Gasteiger partial charge in [-0.15, -0.1) is 0 Å². The molecule has 0 spiro atoms. The first-order valence-electron chi connectivity index (χ1n) is 7.37. The highest BCUT2D eigenvalue weighted by Crippen LogP contribution is 2.33. The molecule has 0 heterocycles. The third kappa shape index (κ3) is 2.81. The van der Waals surface area contributed by atoms with Gasteiger partial charge in [-0.1, -0.05) is 37.6 Å². The summed E-state index contributed by atoms with van der Waals surface area (Å²) in [5.74, 6) is -4.83. The summed E-state index contributed by atoms with van der Waals surface area (Å²) in [6.07, 6.45) is 1.87. The van der Waals surface area contributed by atoms with E-state index in [1.165, 1.54) is 6.07 Å². The van der Waals surface area contributed by atoms with Crippen LogP contribution in [0.25, 0.3) is 21.9 Å². The molecular formula is C19H14F4. The van der Waals surface area contributed by atoms with Crippen LogP contribution in [0, 0.1) is 23.3 Å². The Morgan fingerprint density at radius 2 is 1.48 bits per heavy atom. The number of rotatable bonds is 3. The van der Waals surface area contributed by atoms with Crippen molar-refractivity contribution in [3.8, 4) is 11.1 Å². The average Bonchev–Trinajstić information content (AvgIpc) is 2.52. The van der Waals surface area contributed by atoms with Gasteiger partial charge in [0.25, 0.3) is 0 Å². The molecule has 0 aliphatic rings. The molecule has 3 aromatic rings. The molecule has 0 unspecified atom stereocenters. The SMILES string of the molecule is CCCc1ccc2c(-c3cc(F)c(F)c(F)c3)c(F)ccc2c1.